The standard InChI is InChI=1S/C18H28N2/c1-14-11-16-8-3-4-9-17(16)20(12-14)18(13-19)10-6-5-7-15(18)2/h3-4,8-9,14-15H,5-7,10-13,19H2,1-2H3. The fourth-order valence-corrected chi connectivity index (χ4v) is 4.43. The first-order valence-electron chi connectivity index (χ1n) is 8.23. The summed E-state index contributed by atoms with van der Waals surface area (Å²) >= 11 is 0. The lowest BCUT2D eigenvalue weighted by Gasteiger charge is -2.54. The minimum Gasteiger partial charge on any atom is -0.364 e. The van der Waals surface area contributed by atoms with Gasteiger partial charge in [0.15, 0.2) is 0 Å². The normalized spacial score (nSPS) is 33.9. The fourth-order valence-electron chi connectivity index (χ4n) is 4.43. The molecule has 3 atom stereocenters. The van der Waals surface area contributed by atoms with Crippen LogP contribution in [0.1, 0.15) is 45.1 Å². The molecule has 0 bridgehead atoms. The Labute approximate surface area is 123 Å². The van der Waals surface area contributed by atoms with E-state index in [0.29, 0.717) is 5.92 Å². The molecule has 1 aliphatic carbocycles. The molecular formula is C18H28N2. The van der Waals surface area contributed by atoms with Crippen LogP contribution in [0.25, 0.3) is 0 Å². The average Bonchev–Trinajstić information content (AvgIpc) is 2.47. The molecule has 1 aromatic carbocycles. The summed E-state index contributed by atoms with van der Waals surface area (Å²) in [5.74, 6) is 1.42. The number of benzene rings is 1. The summed E-state index contributed by atoms with van der Waals surface area (Å²) in [6.07, 6.45) is 6.49. The van der Waals surface area contributed by atoms with Crippen LogP contribution in [0.2, 0.25) is 0 Å². The minimum atomic E-state index is 0.184. The van der Waals surface area contributed by atoms with Crippen molar-refractivity contribution < 1.29 is 0 Å². The maximum atomic E-state index is 6.32. The molecule has 3 rings (SSSR count). The van der Waals surface area contributed by atoms with Gasteiger partial charge in [0, 0.05) is 18.8 Å². The third kappa shape index (κ3) is 2.14. The molecule has 1 fully saturated rings. The van der Waals surface area contributed by atoms with E-state index in [4.69, 9.17) is 5.73 Å². The predicted octanol–water partition coefficient (Wildman–Crippen LogP) is 3.59. The monoisotopic (exact) mass is 272 g/mol. The number of nitrogens with two attached hydrogens (primary N) is 1. The highest BCUT2D eigenvalue weighted by Crippen LogP contribution is 2.43. The van der Waals surface area contributed by atoms with Gasteiger partial charge in [0.05, 0.1) is 5.54 Å². The van der Waals surface area contributed by atoms with Crippen LogP contribution in [0.5, 0.6) is 0 Å². The van der Waals surface area contributed by atoms with Gasteiger partial charge in [-0.2, -0.15) is 0 Å². The van der Waals surface area contributed by atoms with Crippen molar-refractivity contribution in [1.82, 2.24) is 0 Å². The van der Waals surface area contributed by atoms with Gasteiger partial charge in [-0.3, -0.25) is 0 Å². The van der Waals surface area contributed by atoms with Gasteiger partial charge in [-0.05, 0) is 42.7 Å². The van der Waals surface area contributed by atoms with Crippen molar-refractivity contribution in [2.75, 3.05) is 18.0 Å². The zero-order valence-corrected chi connectivity index (χ0v) is 12.9. The Hall–Kier alpha value is -1.02. The van der Waals surface area contributed by atoms with E-state index in [1.54, 1.807) is 0 Å². The van der Waals surface area contributed by atoms with Crippen LogP contribution in [-0.2, 0) is 6.42 Å². The predicted molar refractivity (Wildman–Crippen MR) is 86.1 cm³/mol. The highest BCUT2D eigenvalue weighted by Gasteiger charge is 2.44. The molecule has 1 saturated carbocycles. The maximum absolute atomic E-state index is 6.32. The Morgan fingerprint density at radius 2 is 2.05 bits per heavy atom. The summed E-state index contributed by atoms with van der Waals surface area (Å²) in [7, 11) is 0. The van der Waals surface area contributed by atoms with Crippen molar-refractivity contribution in [3.8, 4) is 0 Å². The van der Waals surface area contributed by atoms with Gasteiger partial charge >= 0.3 is 0 Å². The summed E-state index contributed by atoms with van der Waals surface area (Å²) < 4.78 is 0. The third-order valence-corrected chi connectivity index (χ3v) is 5.65. The molecular weight excluding hydrogens is 244 g/mol. The number of fused-ring (bicyclic) bond motifs is 1. The third-order valence-electron chi connectivity index (χ3n) is 5.65. The van der Waals surface area contributed by atoms with Gasteiger partial charge in [-0.25, -0.2) is 0 Å². The second-order valence-corrected chi connectivity index (χ2v) is 7.00. The topological polar surface area (TPSA) is 29.3 Å². The first kappa shape index (κ1) is 13.9. The van der Waals surface area contributed by atoms with E-state index in [9.17, 15) is 0 Å². The minimum absolute atomic E-state index is 0.184. The Kier molecular flexibility index (Phi) is 3.76. The average molecular weight is 272 g/mol. The van der Waals surface area contributed by atoms with E-state index in [2.05, 4.69) is 43.0 Å². The van der Waals surface area contributed by atoms with Gasteiger partial charge in [0.1, 0.15) is 0 Å². The Morgan fingerprint density at radius 1 is 1.25 bits per heavy atom. The van der Waals surface area contributed by atoms with Crippen molar-refractivity contribution >= 4 is 5.69 Å². The summed E-state index contributed by atoms with van der Waals surface area (Å²) in [5, 5.41) is 0. The smallest absolute Gasteiger partial charge is 0.0549 e. The Bertz CT molecular complexity index is 470. The van der Waals surface area contributed by atoms with E-state index in [-0.39, 0.29) is 5.54 Å². The zero-order valence-electron chi connectivity index (χ0n) is 12.9. The molecule has 0 spiro atoms. The van der Waals surface area contributed by atoms with Crippen molar-refractivity contribution in [3.05, 3.63) is 29.8 Å². The van der Waals surface area contributed by atoms with Crippen LogP contribution in [0.3, 0.4) is 0 Å². The van der Waals surface area contributed by atoms with Crippen molar-refractivity contribution in [2.24, 2.45) is 17.6 Å². The van der Waals surface area contributed by atoms with Gasteiger partial charge in [0.25, 0.3) is 0 Å². The van der Waals surface area contributed by atoms with E-state index >= 15 is 0 Å². The van der Waals surface area contributed by atoms with E-state index < -0.39 is 0 Å². The lowest BCUT2D eigenvalue weighted by Crippen LogP contribution is -2.61. The fraction of sp³-hybridized carbons (Fsp3) is 0.667. The highest BCUT2D eigenvalue weighted by atomic mass is 15.2. The number of hydrogen-bond donors (Lipinski definition) is 1. The largest absolute Gasteiger partial charge is 0.364 e. The van der Waals surface area contributed by atoms with Crippen molar-refractivity contribution in [2.45, 2.75) is 51.5 Å². The summed E-state index contributed by atoms with van der Waals surface area (Å²) in [4.78, 5) is 2.68. The molecule has 3 unspecified atom stereocenters. The second-order valence-electron chi connectivity index (χ2n) is 7.00. The summed E-state index contributed by atoms with van der Waals surface area (Å²) in [5.41, 5.74) is 9.46. The van der Waals surface area contributed by atoms with E-state index in [1.807, 2.05) is 0 Å². The molecule has 0 amide bonds. The maximum Gasteiger partial charge on any atom is 0.0549 e. The molecule has 2 aliphatic rings. The molecule has 110 valence electrons. The first-order chi connectivity index (χ1) is 9.67. The van der Waals surface area contributed by atoms with Crippen LogP contribution in [0, 0.1) is 11.8 Å². The summed E-state index contributed by atoms with van der Waals surface area (Å²) in [6, 6.07) is 8.96. The number of anilines is 1. The van der Waals surface area contributed by atoms with Crippen LogP contribution in [0.4, 0.5) is 5.69 Å². The molecule has 2 N–H and O–H groups in total. The quantitative estimate of drug-likeness (QED) is 0.891. The van der Waals surface area contributed by atoms with Gasteiger partial charge in [-0.1, -0.05) is 44.9 Å². The molecule has 0 aromatic heterocycles. The second kappa shape index (κ2) is 5.40. The molecule has 2 heteroatoms. The molecule has 20 heavy (non-hydrogen) atoms. The highest BCUT2D eigenvalue weighted by molar-refractivity contribution is 5.58. The first-order valence-corrected chi connectivity index (χ1v) is 8.23. The number of nitrogens with zero attached hydrogens (tertiary/aromatic N) is 1. The van der Waals surface area contributed by atoms with Crippen molar-refractivity contribution in [3.63, 3.8) is 0 Å². The molecule has 2 nitrogen and oxygen atoms in total. The lowest BCUT2D eigenvalue weighted by molar-refractivity contribution is 0.188. The van der Waals surface area contributed by atoms with E-state index in [1.165, 1.54) is 49.9 Å². The molecule has 1 heterocycles. The Morgan fingerprint density at radius 3 is 2.80 bits per heavy atom. The lowest BCUT2D eigenvalue weighted by atomic mass is 9.71. The van der Waals surface area contributed by atoms with Crippen LogP contribution in [-0.4, -0.2) is 18.6 Å². The molecule has 0 saturated heterocycles. The number of hydrogen-bond acceptors (Lipinski definition) is 2. The van der Waals surface area contributed by atoms with E-state index in [0.717, 1.165) is 12.5 Å². The molecule has 1 aliphatic heterocycles. The van der Waals surface area contributed by atoms with Gasteiger partial charge in [0.2, 0.25) is 0 Å². The zero-order chi connectivity index (χ0) is 14.2. The summed E-state index contributed by atoms with van der Waals surface area (Å²) in [6.45, 7) is 6.74. The van der Waals surface area contributed by atoms with Crippen LogP contribution >= 0.6 is 0 Å². The van der Waals surface area contributed by atoms with Crippen LogP contribution in [0.15, 0.2) is 24.3 Å². The SMILES string of the molecule is CC1Cc2ccccc2N(C2(CN)CCCCC2C)C1. The van der Waals surface area contributed by atoms with Gasteiger partial charge in [-0.15, -0.1) is 0 Å². The molecule has 0 radical (unpaired) electrons. The number of rotatable bonds is 2. The van der Waals surface area contributed by atoms with Crippen LogP contribution < -0.4 is 10.6 Å². The Balaban J connectivity index is 2.03. The molecule has 1 aromatic rings. The number of para-hydroxylation sites is 1. The van der Waals surface area contributed by atoms with Crippen molar-refractivity contribution in [1.29, 1.82) is 0 Å². The van der Waals surface area contributed by atoms with Gasteiger partial charge < -0.3 is 10.6 Å².